The van der Waals surface area contributed by atoms with Crippen LogP contribution < -0.4 is 4.74 Å². The Morgan fingerprint density at radius 2 is 1.86 bits per heavy atom. The van der Waals surface area contributed by atoms with Crippen LogP contribution in [0.15, 0.2) is 76.2 Å². The Bertz CT molecular complexity index is 1570. The highest BCUT2D eigenvalue weighted by Gasteiger charge is 2.35. The Morgan fingerprint density at radius 1 is 1.05 bits per heavy atom. The van der Waals surface area contributed by atoms with Crippen LogP contribution >= 0.6 is 50.9 Å². The van der Waals surface area contributed by atoms with E-state index in [4.69, 9.17) is 27.9 Å². The van der Waals surface area contributed by atoms with Crippen LogP contribution in [0.5, 0.6) is 5.75 Å². The number of ether oxygens (including phenoxy) is 1. The minimum atomic E-state index is -0.347. The summed E-state index contributed by atoms with van der Waals surface area (Å²) < 4.78 is 9.03. The largest absolute Gasteiger partial charge is 0.491 e. The maximum atomic E-state index is 13.2. The second-order valence-electron chi connectivity index (χ2n) is 8.56. The summed E-state index contributed by atoms with van der Waals surface area (Å²) >= 11 is 16.7. The van der Waals surface area contributed by atoms with E-state index in [0.29, 0.717) is 33.7 Å². The van der Waals surface area contributed by atoms with Gasteiger partial charge in [0, 0.05) is 37.2 Å². The zero-order valence-electron chi connectivity index (χ0n) is 19.7. The van der Waals surface area contributed by atoms with Gasteiger partial charge in [0.1, 0.15) is 12.4 Å². The van der Waals surface area contributed by atoms with E-state index in [1.165, 1.54) is 4.90 Å². The van der Waals surface area contributed by atoms with Gasteiger partial charge in [-0.25, -0.2) is 0 Å². The van der Waals surface area contributed by atoms with Crippen molar-refractivity contribution in [3.05, 3.63) is 103 Å². The van der Waals surface area contributed by atoms with E-state index in [9.17, 15) is 9.59 Å². The number of nitrogens with zero attached hydrogens (tertiary/aromatic N) is 2. The van der Waals surface area contributed by atoms with Crippen LogP contribution in [0.25, 0.3) is 17.0 Å². The zero-order valence-corrected chi connectivity index (χ0v) is 23.6. The van der Waals surface area contributed by atoms with Crippen LogP contribution in [-0.4, -0.2) is 27.2 Å². The number of para-hydroxylation sites is 1. The van der Waals surface area contributed by atoms with Gasteiger partial charge < -0.3 is 9.30 Å². The molecular weight excluding hydrogens is 595 g/mol. The molecule has 0 spiro atoms. The van der Waals surface area contributed by atoms with Crippen molar-refractivity contribution in [2.75, 3.05) is 6.61 Å². The lowest BCUT2D eigenvalue weighted by atomic mass is 10.1. The summed E-state index contributed by atoms with van der Waals surface area (Å²) in [6, 6.07) is 18.9. The van der Waals surface area contributed by atoms with Gasteiger partial charge >= 0.3 is 0 Å². The molecule has 1 aliphatic rings. The lowest BCUT2D eigenvalue weighted by molar-refractivity contribution is -0.123. The molecule has 0 aliphatic carbocycles. The number of aromatic nitrogens is 1. The van der Waals surface area contributed by atoms with E-state index in [2.05, 4.69) is 20.5 Å². The maximum Gasteiger partial charge on any atom is 0.293 e. The van der Waals surface area contributed by atoms with Gasteiger partial charge in [0.15, 0.2) is 0 Å². The van der Waals surface area contributed by atoms with E-state index in [-0.39, 0.29) is 17.7 Å². The van der Waals surface area contributed by atoms with Gasteiger partial charge in [-0.15, -0.1) is 0 Å². The van der Waals surface area contributed by atoms with Crippen molar-refractivity contribution in [1.82, 2.24) is 9.47 Å². The molecule has 1 aromatic heterocycles. The number of hydrogen-bond donors (Lipinski definition) is 0. The van der Waals surface area contributed by atoms with Crippen molar-refractivity contribution in [1.29, 1.82) is 0 Å². The average Bonchev–Trinajstić information content (AvgIpc) is 3.33. The minimum Gasteiger partial charge on any atom is -0.491 e. The van der Waals surface area contributed by atoms with Crippen LogP contribution in [0.3, 0.4) is 0 Å². The van der Waals surface area contributed by atoms with Crippen molar-refractivity contribution in [3.63, 3.8) is 0 Å². The first-order valence-electron chi connectivity index (χ1n) is 11.5. The lowest BCUT2D eigenvalue weighted by Gasteiger charge is -2.13. The Balaban J connectivity index is 1.40. The molecule has 3 aromatic carbocycles. The van der Waals surface area contributed by atoms with E-state index in [1.807, 2.05) is 55.6 Å². The molecule has 2 heterocycles. The molecule has 1 aliphatic heterocycles. The molecule has 5 rings (SSSR count). The molecule has 2 amide bonds. The Hall–Kier alpha value is -2.71. The van der Waals surface area contributed by atoms with E-state index < -0.39 is 0 Å². The molecule has 0 unspecified atom stereocenters. The fourth-order valence-corrected chi connectivity index (χ4v) is 5.83. The van der Waals surface area contributed by atoms with Crippen molar-refractivity contribution in [3.8, 4) is 5.75 Å². The predicted molar refractivity (Wildman–Crippen MR) is 154 cm³/mol. The zero-order chi connectivity index (χ0) is 26.1. The summed E-state index contributed by atoms with van der Waals surface area (Å²) in [5, 5.41) is 1.54. The highest BCUT2D eigenvalue weighted by molar-refractivity contribution is 9.10. The average molecular weight is 616 g/mol. The van der Waals surface area contributed by atoms with Crippen molar-refractivity contribution in [2.45, 2.75) is 20.0 Å². The van der Waals surface area contributed by atoms with Crippen LogP contribution in [0.4, 0.5) is 4.79 Å². The monoisotopic (exact) mass is 614 g/mol. The van der Waals surface area contributed by atoms with Gasteiger partial charge in [-0.2, -0.15) is 0 Å². The van der Waals surface area contributed by atoms with Crippen molar-refractivity contribution in [2.24, 2.45) is 0 Å². The third kappa shape index (κ3) is 5.60. The third-order valence-electron chi connectivity index (χ3n) is 6.06. The summed E-state index contributed by atoms with van der Waals surface area (Å²) in [5.41, 5.74) is 3.60. The second-order valence-corrected chi connectivity index (χ2v) is 11.3. The first-order valence-corrected chi connectivity index (χ1v) is 13.8. The van der Waals surface area contributed by atoms with Crippen molar-refractivity contribution < 1.29 is 14.3 Å². The lowest BCUT2D eigenvalue weighted by Crippen LogP contribution is -2.27. The highest BCUT2D eigenvalue weighted by Crippen LogP contribution is 2.36. The fraction of sp³-hybridized carbons (Fsp3) is 0.143. The van der Waals surface area contributed by atoms with Crippen LogP contribution in [0.2, 0.25) is 10.0 Å². The predicted octanol–water partition coefficient (Wildman–Crippen LogP) is 8.33. The summed E-state index contributed by atoms with van der Waals surface area (Å²) in [6.45, 7) is 3.21. The van der Waals surface area contributed by atoms with E-state index in [1.54, 1.807) is 24.3 Å². The molecule has 1 fully saturated rings. The molecule has 5 nitrogen and oxygen atoms in total. The molecule has 0 saturated carbocycles. The van der Waals surface area contributed by atoms with Crippen LogP contribution in [-0.2, 0) is 17.9 Å². The first kappa shape index (κ1) is 25.9. The number of halogens is 3. The number of fused-ring (bicyclic) bond motifs is 1. The van der Waals surface area contributed by atoms with Gasteiger partial charge in [-0.05, 0) is 72.3 Å². The molecule has 0 bridgehead atoms. The van der Waals surface area contributed by atoms with Crippen LogP contribution in [0, 0.1) is 6.92 Å². The quantitative estimate of drug-likeness (QED) is 0.196. The Morgan fingerprint density at radius 3 is 2.65 bits per heavy atom. The molecular formula is C28H21BrCl2N2O3S. The fourth-order valence-electron chi connectivity index (χ4n) is 4.17. The number of amides is 2. The summed E-state index contributed by atoms with van der Waals surface area (Å²) in [6.07, 6.45) is 3.77. The van der Waals surface area contributed by atoms with Crippen LogP contribution in [0.1, 0.15) is 16.7 Å². The molecule has 188 valence electrons. The number of aryl methyl sites for hydroxylation is 1. The normalized spacial score (nSPS) is 14.8. The summed E-state index contributed by atoms with van der Waals surface area (Å²) in [4.78, 5) is 27.5. The van der Waals surface area contributed by atoms with Gasteiger partial charge in [0.2, 0.25) is 0 Å². The van der Waals surface area contributed by atoms with Gasteiger partial charge in [0.25, 0.3) is 11.1 Å². The molecule has 0 radical (unpaired) electrons. The standard InChI is InChI=1S/C28H21BrCl2N2O3S/c1-17-4-2-3-5-25(17)36-11-10-32-15-19(22-13-20(29)7-9-24(22)32)12-26-27(34)33(28(35)37-26)16-18-6-8-21(30)14-23(18)31/h2-9,12-15H,10-11,16H2,1H3/b26-12-. The topological polar surface area (TPSA) is 51.5 Å². The van der Waals surface area contributed by atoms with Gasteiger partial charge in [0.05, 0.1) is 18.0 Å². The second kappa shape index (κ2) is 11.0. The maximum absolute atomic E-state index is 13.2. The van der Waals surface area contributed by atoms with Gasteiger partial charge in [-0.1, -0.05) is 63.4 Å². The summed E-state index contributed by atoms with van der Waals surface area (Å²) in [7, 11) is 0. The first-order chi connectivity index (χ1) is 17.8. The highest BCUT2D eigenvalue weighted by atomic mass is 79.9. The molecule has 37 heavy (non-hydrogen) atoms. The molecule has 0 N–H and O–H groups in total. The third-order valence-corrected chi connectivity index (χ3v) is 8.05. The number of thioether (sulfide) groups is 1. The molecule has 0 atom stereocenters. The smallest absolute Gasteiger partial charge is 0.293 e. The van der Waals surface area contributed by atoms with E-state index in [0.717, 1.165) is 44.0 Å². The summed E-state index contributed by atoms with van der Waals surface area (Å²) in [5.74, 6) is 0.510. The van der Waals surface area contributed by atoms with Gasteiger partial charge in [-0.3, -0.25) is 14.5 Å². The number of benzene rings is 3. The molecule has 4 aromatic rings. The number of rotatable bonds is 7. The number of carbonyl (C=O) groups excluding carboxylic acids is 2. The van der Waals surface area contributed by atoms with Crippen molar-refractivity contribution >= 4 is 79.0 Å². The number of carbonyl (C=O) groups is 2. The Labute approximate surface area is 237 Å². The van der Waals surface area contributed by atoms with E-state index >= 15 is 0 Å². The molecule has 9 heteroatoms. The Kier molecular flexibility index (Phi) is 7.67. The minimum absolute atomic E-state index is 0.0849. The SMILES string of the molecule is Cc1ccccc1OCCn1cc(/C=C2\SC(=O)N(Cc3ccc(Cl)cc3Cl)C2=O)c2cc(Br)ccc21. The number of imide groups is 1. The number of hydrogen-bond acceptors (Lipinski definition) is 4. The molecule has 1 saturated heterocycles.